The topological polar surface area (TPSA) is 75.4 Å². The first kappa shape index (κ1) is 13.9. The zero-order valence-corrected chi connectivity index (χ0v) is 12.1. The molecule has 0 radical (unpaired) electrons. The molecule has 5 nitrogen and oxygen atoms in total. The van der Waals surface area contributed by atoms with Crippen molar-refractivity contribution in [1.82, 2.24) is 10.2 Å². The number of nitrogens with zero attached hydrogens (tertiary/aromatic N) is 1. The number of hydrogen-bond donors (Lipinski definition) is 2. The van der Waals surface area contributed by atoms with Gasteiger partial charge in [-0.1, -0.05) is 12.8 Å². The molecule has 1 atom stereocenters. The van der Waals surface area contributed by atoms with Crippen molar-refractivity contribution in [2.24, 2.45) is 11.1 Å². The third kappa shape index (κ3) is 2.43. The smallest absolute Gasteiger partial charge is 0.243 e. The Morgan fingerprint density at radius 2 is 1.85 bits per heavy atom. The van der Waals surface area contributed by atoms with Crippen LogP contribution in [0.2, 0.25) is 0 Å². The van der Waals surface area contributed by atoms with Gasteiger partial charge in [0.15, 0.2) is 0 Å². The fourth-order valence-corrected chi connectivity index (χ4v) is 3.67. The molecule has 2 amide bonds. The molecule has 0 aromatic carbocycles. The minimum absolute atomic E-state index is 0.0449. The van der Waals surface area contributed by atoms with Crippen LogP contribution in [0.1, 0.15) is 51.4 Å². The number of carbonyl (C=O) groups excluding carboxylic acids is 2. The fraction of sp³-hybridized carbons (Fsp3) is 0.867. The van der Waals surface area contributed by atoms with Gasteiger partial charge in [0, 0.05) is 19.1 Å². The SMILES string of the molecule is NCC1(C(=O)N2CCCC2C(=O)NC2CC2)CCCC1. The second-order valence-corrected chi connectivity index (χ2v) is 6.63. The number of nitrogens with one attached hydrogen (secondary N) is 1. The lowest BCUT2D eigenvalue weighted by Gasteiger charge is -2.34. The molecule has 3 N–H and O–H groups in total. The van der Waals surface area contributed by atoms with Gasteiger partial charge in [-0.25, -0.2) is 0 Å². The lowest BCUT2D eigenvalue weighted by atomic mass is 9.84. The van der Waals surface area contributed by atoms with E-state index in [-0.39, 0.29) is 23.3 Å². The van der Waals surface area contributed by atoms with Crippen LogP contribution in [0.25, 0.3) is 0 Å². The van der Waals surface area contributed by atoms with Gasteiger partial charge in [0.2, 0.25) is 11.8 Å². The lowest BCUT2D eigenvalue weighted by molar-refractivity contribution is -0.146. The summed E-state index contributed by atoms with van der Waals surface area (Å²) in [6, 6.07) is 0.0992. The molecule has 0 bridgehead atoms. The molecule has 112 valence electrons. The van der Waals surface area contributed by atoms with E-state index in [0.29, 0.717) is 19.1 Å². The Morgan fingerprint density at radius 3 is 2.45 bits per heavy atom. The van der Waals surface area contributed by atoms with Crippen molar-refractivity contribution in [3.05, 3.63) is 0 Å². The molecular formula is C15H25N3O2. The number of rotatable bonds is 4. The molecule has 0 aromatic heterocycles. The van der Waals surface area contributed by atoms with Gasteiger partial charge in [-0.15, -0.1) is 0 Å². The molecule has 3 rings (SSSR count). The maximum atomic E-state index is 12.9. The first-order valence-electron chi connectivity index (χ1n) is 7.98. The van der Waals surface area contributed by atoms with Crippen molar-refractivity contribution >= 4 is 11.8 Å². The molecule has 1 saturated heterocycles. The zero-order chi connectivity index (χ0) is 14.2. The number of nitrogens with two attached hydrogens (primary N) is 1. The van der Waals surface area contributed by atoms with Crippen molar-refractivity contribution in [3.8, 4) is 0 Å². The molecular weight excluding hydrogens is 254 g/mol. The Balaban J connectivity index is 1.70. The van der Waals surface area contributed by atoms with Gasteiger partial charge in [-0.2, -0.15) is 0 Å². The van der Waals surface area contributed by atoms with Crippen LogP contribution in [0.15, 0.2) is 0 Å². The summed E-state index contributed by atoms with van der Waals surface area (Å²) >= 11 is 0. The molecule has 2 aliphatic carbocycles. The number of likely N-dealkylation sites (tertiary alicyclic amines) is 1. The summed E-state index contributed by atoms with van der Waals surface area (Å²) in [5.41, 5.74) is 5.52. The van der Waals surface area contributed by atoms with Crippen molar-refractivity contribution < 1.29 is 9.59 Å². The van der Waals surface area contributed by atoms with E-state index in [1.807, 2.05) is 4.90 Å². The average Bonchev–Trinajstić information content (AvgIpc) is 3.00. The minimum atomic E-state index is -0.386. The van der Waals surface area contributed by atoms with E-state index >= 15 is 0 Å². The Labute approximate surface area is 120 Å². The second-order valence-electron chi connectivity index (χ2n) is 6.63. The van der Waals surface area contributed by atoms with Crippen LogP contribution in [-0.4, -0.2) is 41.9 Å². The van der Waals surface area contributed by atoms with Crippen molar-refractivity contribution in [1.29, 1.82) is 0 Å². The summed E-state index contributed by atoms with van der Waals surface area (Å²) in [6.07, 6.45) is 7.81. The van der Waals surface area contributed by atoms with Crippen LogP contribution in [0, 0.1) is 5.41 Å². The van der Waals surface area contributed by atoms with Gasteiger partial charge in [0.25, 0.3) is 0 Å². The van der Waals surface area contributed by atoms with Crippen LogP contribution in [-0.2, 0) is 9.59 Å². The molecule has 1 heterocycles. The molecule has 1 aliphatic heterocycles. The molecule has 0 aromatic rings. The Hall–Kier alpha value is -1.10. The summed E-state index contributed by atoms with van der Waals surface area (Å²) in [5.74, 6) is 0.175. The zero-order valence-electron chi connectivity index (χ0n) is 12.1. The van der Waals surface area contributed by atoms with E-state index in [1.165, 1.54) is 0 Å². The van der Waals surface area contributed by atoms with Crippen molar-refractivity contribution in [2.75, 3.05) is 13.1 Å². The largest absolute Gasteiger partial charge is 0.352 e. The van der Waals surface area contributed by atoms with Crippen LogP contribution >= 0.6 is 0 Å². The Kier molecular flexibility index (Phi) is 3.71. The van der Waals surface area contributed by atoms with Crippen LogP contribution < -0.4 is 11.1 Å². The van der Waals surface area contributed by atoms with E-state index < -0.39 is 0 Å². The summed E-state index contributed by atoms with van der Waals surface area (Å²) in [7, 11) is 0. The van der Waals surface area contributed by atoms with E-state index in [2.05, 4.69) is 5.32 Å². The van der Waals surface area contributed by atoms with Gasteiger partial charge in [-0.05, 0) is 38.5 Å². The minimum Gasteiger partial charge on any atom is -0.352 e. The van der Waals surface area contributed by atoms with Gasteiger partial charge in [0.05, 0.1) is 5.41 Å². The quantitative estimate of drug-likeness (QED) is 0.798. The highest BCUT2D eigenvalue weighted by atomic mass is 16.2. The van der Waals surface area contributed by atoms with Gasteiger partial charge in [-0.3, -0.25) is 9.59 Å². The monoisotopic (exact) mass is 279 g/mol. The summed E-state index contributed by atoms with van der Waals surface area (Å²) in [4.78, 5) is 27.0. The first-order valence-corrected chi connectivity index (χ1v) is 7.98. The molecule has 3 aliphatic rings. The maximum absolute atomic E-state index is 12.9. The molecule has 20 heavy (non-hydrogen) atoms. The third-order valence-electron chi connectivity index (χ3n) is 5.15. The molecule has 3 fully saturated rings. The molecule has 0 spiro atoms. The number of carbonyl (C=O) groups is 2. The number of hydrogen-bond acceptors (Lipinski definition) is 3. The van der Waals surface area contributed by atoms with Crippen LogP contribution in [0.5, 0.6) is 0 Å². The molecule has 2 saturated carbocycles. The van der Waals surface area contributed by atoms with Gasteiger partial charge < -0.3 is 16.0 Å². The van der Waals surface area contributed by atoms with Crippen LogP contribution in [0.4, 0.5) is 0 Å². The van der Waals surface area contributed by atoms with Crippen LogP contribution in [0.3, 0.4) is 0 Å². The maximum Gasteiger partial charge on any atom is 0.243 e. The molecule has 5 heteroatoms. The predicted octanol–water partition coefficient (Wildman–Crippen LogP) is 0.775. The highest BCUT2D eigenvalue weighted by Gasteiger charge is 2.46. The standard InChI is InChI=1S/C15H25N3O2/c16-10-15(7-1-2-8-15)14(20)18-9-3-4-12(18)13(19)17-11-5-6-11/h11-12H,1-10,16H2,(H,17,19). The van der Waals surface area contributed by atoms with E-state index in [1.54, 1.807) is 0 Å². The normalized spacial score (nSPS) is 28.6. The van der Waals surface area contributed by atoms with Crippen molar-refractivity contribution in [3.63, 3.8) is 0 Å². The lowest BCUT2D eigenvalue weighted by Crippen LogP contribution is -2.52. The third-order valence-corrected chi connectivity index (χ3v) is 5.15. The Morgan fingerprint density at radius 1 is 1.15 bits per heavy atom. The van der Waals surface area contributed by atoms with Crippen molar-refractivity contribution in [2.45, 2.75) is 63.5 Å². The summed E-state index contributed by atoms with van der Waals surface area (Å²) in [5, 5.41) is 3.04. The summed E-state index contributed by atoms with van der Waals surface area (Å²) in [6.45, 7) is 1.13. The predicted molar refractivity (Wildman–Crippen MR) is 75.9 cm³/mol. The first-order chi connectivity index (χ1) is 9.66. The van der Waals surface area contributed by atoms with E-state index in [9.17, 15) is 9.59 Å². The fourth-order valence-electron chi connectivity index (χ4n) is 3.67. The highest BCUT2D eigenvalue weighted by Crippen LogP contribution is 2.40. The van der Waals surface area contributed by atoms with E-state index in [0.717, 1.165) is 51.4 Å². The average molecular weight is 279 g/mol. The number of amides is 2. The Bertz CT molecular complexity index is 400. The molecule has 1 unspecified atom stereocenters. The summed E-state index contributed by atoms with van der Waals surface area (Å²) < 4.78 is 0. The second kappa shape index (κ2) is 5.35. The van der Waals surface area contributed by atoms with Gasteiger partial charge in [0.1, 0.15) is 6.04 Å². The van der Waals surface area contributed by atoms with E-state index in [4.69, 9.17) is 5.73 Å². The highest BCUT2D eigenvalue weighted by molar-refractivity contribution is 5.91. The van der Waals surface area contributed by atoms with Gasteiger partial charge >= 0.3 is 0 Å².